The van der Waals surface area contributed by atoms with Gasteiger partial charge in [0, 0.05) is 54.3 Å². The molecule has 11 heteroatoms. The highest BCUT2D eigenvalue weighted by molar-refractivity contribution is 9.10. The van der Waals surface area contributed by atoms with E-state index in [4.69, 9.17) is 9.47 Å². The summed E-state index contributed by atoms with van der Waals surface area (Å²) in [6, 6.07) is 11.4. The number of carbonyl (C=O) groups is 2. The summed E-state index contributed by atoms with van der Waals surface area (Å²) in [6.45, 7) is 11.3. The molecule has 0 bridgehead atoms. The first kappa shape index (κ1) is 30.4. The monoisotopic (exact) mass is 624 g/mol. The van der Waals surface area contributed by atoms with E-state index in [1.807, 2.05) is 36.4 Å². The lowest BCUT2D eigenvalue weighted by Gasteiger charge is -2.34. The van der Waals surface area contributed by atoms with Crippen LogP contribution in [0.15, 0.2) is 59.9 Å². The zero-order valence-corrected chi connectivity index (χ0v) is 25.0. The Bertz CT molecular complexity index is 1350. The molecule has 0 aliphatic carbocycles. The highest BCUT2D eigenvalue weighted by atomic mass is 79.9. The second-order valence-electron chi connectivity index (χ2n) is 9.81. The largest absolute Gasteiger partial charge is 0.491 e. The van der Waals surface area contributed by atoms with E-state index in [2.05, 4.69) is 59.8 Å². The van der Waals surface area contributed by atoms with Crippen molar-refractivity contribution in [2.75, 3.05) is 63.1 Å². The molecule has 1 aliphatic rings. The van der Waals surface area contributed by atoms with Crippen molar-refractivity contribution in [1.29, 1.82) is 0 Å². The van der Waals surface area contributed by atoms with Crippen LogP contribution in [0.25, 0.3) is 10.9 Å². The minimum absolute atomic E-state index is 0.142. The zero-order valence-electron chi connectivity index (χ0n) is 23.4. The number of nitrogens with one attached hydrogen (secondary N) is 2. The van der Waals surface area contributed by atoms with Crippen LogP contribution in [-0.2, 0) is 14.3 Å². The summed E-state index contributed by atoms with van der Waals surface area (Å²) in [5.41, 5.74) is 2.08. The van der Waals surface area contributed by atoms with Gasteiger partial charge in [-0.3, -0.25) is 14.5 Å². The van der Waals surface area contributed by atoms with Crippen LogP contribution in [0.1, 0.15) is 26.2 Å². The number of esters is 1. The lowest BCUT2D eigenvalue weighted by molar-refractivity contribution is -0.145. The molecule has 3 aromatic rings. The number of hydrogen-bond donors (Lipinski definition) is 2. The van der Waals surface area contributed by atoms with Crippen molar-refractivity contribution in [2.24, 2.45) is 0 Å². The number of nitrogens with zero attached hydrogens (tertiary/aromatic N) is 4. The molecular weight excluding hydrogens is 588 g/mol. The fraction of sp³-hybridized carbons (Fsp3) is 0.400. The zero-order chi connectivity index (χ0) is 29.0. The van der Waals surface area contributed by atoms with Crippen molar-refractivity contribution in [1.82, 2.24) is 19.8 Å². The second kappa shape index (κ2) is 15.5. The highest BCUT2D eigenvalue weighted by Crippen LogP contribution is 2.33. The van der Waals surface area contributed by atoms with Gasteiger partial charge in [0.1, 0.15) is 17.9 Å². The average molecular weight is 626 g/mol. The summed E-state index contributed by atoms with van der Waals surface area (Å²) in [5, 5.41) is 6.92. The van der Waals surface area contributed by atoms with Crippen LogP contribution in [0, 0.1) is 0 Å². The van der Waals surface area contributed by atoms with E-state index < -0.39 is 0 Å². The van der Waals surface area contributed by atoms with Crippen molar-refractivity contribution >= 4 is 55.9 Å². The Balaban J connectivity index is 1.34. The topological polar surface area (TPSA) is 109 Å². The average Bonchev–Trinajstić information content (AvgIpc) is 2.96. The number of rotatable bonds is 14. The van der Waals surface area contributed by atoms with E-state index in [9.17, 15) is 9.59 Å². The molecule has 0 spiro atoms. The lowest BCUT2D eigenvalue weighted by atomic mass is 10.1. The normalized spacial score (nSPS) is 14.0. The van der Waals surface area contributed by atoms with Gasteiger partial charge in [-0.05, 0) is 43.2 Å². The number of halogens is 1. The van der Waals surface area contributed by atoms with Gasteiger partial charge in [-0.1, -0.05) is 41.9 Å². The van der Waals surface area contributed by atoms with Gasteiger partial charge in [-0.15, -0.1) is 0 Å². The maximum absolute atomic E-state index is 12.2. The van der Waals surface area contributed by atoms with E-state index >= 15 is 0 Å². The Morgan fingerprint density at radius 1 is 1.07 bits per heavy atom. The Morgan fingerprint density at radius 2 is 1.88 bits per heavy atom. The predicted octanol–water partition coefficient (Wildman–Crippen LogP) is 4.99. The van der Waals surface area contributed by atoms with E-state index in [0.29, 0.717) is 42.5 Å². The third-order valence-corrected chi connectivity index (χ3v) is 7.22. The van der Waals surface area contributed by atoms with Crippen molar-refractivity contribution in [3.63, 3.8) is 0 Å². The number of hydrogen-bond acceptors (Lipinski definition) is 9. The van der Waals surface area contributed by atoms with Crippen LogP contribution in [-0.4, -0.2) is 84.1 Å². The lowest BCUT2D eigenvalue weighted by Crippen LogP contribution is -2.48. The number of aromatic nitrogens is 2. The van der Waals surface area contributed by atoms with Gasteiger partial charge in [0.05, 0.1) is 31.0 Å². The molecule has 2 aromatic carbocycles. The Morgan fingerprint density at radius 3 is 2.63 bits per heavy atom. The summed E-state index contributed by atoms with van der Waals surface area (Å²) in [6.07, 6.45) is 5.45. The molecule has 10 nitrogen and oxygen atoms in total. The summed E-state index contributed by atoms with van der Waals surface area (Å²) in [5.74, 6) is 0.671. The molecule has 1 aliphatic heterocycles. The molecule has 0 atom stereocenters. The van der Waals surface area contributed by atoms with Crippen LogP contribution in [0.3, 0.4) is 0 Å². The van der Waals surface area contributed by atoms with Crippen LogP contribution in [0.2, 0.25) is 0 Å². The van der Waals surface area contributed by atoms with Gasteiger partial charge in [-0.25, -0.2) is 9.97 Å². The van der Waals surface area contributed by atoms with Crippen LogP contribution >= 0.6 is 15.9 Å². The predicted molar refractivity (Wildman–Crippen MR) is 165 cm³/mol. The molecule has 2 N–H and O–H groups in total. The number of fused-ring (bicyclic) bond motifs is 1. The molecule has 1 amide bonds. The number of unbranched alkanes of at least 4 members (excludes halogenated alkanes) is 1. The van der Waals surface area contributed by atoms with Crippen molar-refractivity contribution in [2.45, 2.75) is 26.2 Å². The molecule has 4 rings (SSSR count). The van der Waals surface area contributed by atoms with E-state index in [1.54, 1.807) is 0 Å². The summed E-state index contributed by atoms with van der Waals surface area (Å²) in [7, 11) is 0. The Kier molecular flexibility index (Phi) is 11.5. The van der Waals surface area contributed by atoms with Gasteiger partial charge in [0.2, 0.25) is 5.91 Å². The van der Waals surface area contributed by atoms with Crippen LogP contribution < -0.4 is 15.4 Å². The smallest absolute Gasteiger partial charge is 0.320 e. The molecule has 218 valence electrons. The molecular formula is C30H37BrN6O4. The van der Waals surface area contributed by atoms with Crippen molar-refractivity contribution in [3.8, 4) is 5.75 Å². The second-order valence-corrected chi connectivity index (χ2v) is 10.7. The summed E-state index contributed by atoms with van der Waals surface area (Å²) < 4.78 is 12.4. The summed E-state index contributed by atoms with van der Waals surface area (Å²) in [4.78, 5) is 37.6. The maximum Gasteiger partial charge on any atom is 0.320 e. The minimum Gasteiger partial charge on any atom is -0.491 e. The van der Waals surface area contributed by atoms with Gasteiger partial charge >= 0.3 is 5.97 Å². The molecule has 0 unspecified atom stereocenters. The molecule has 1 aromatic heterocycles. The molecule has 2 heterocycles. The molecule has 1 saturated heterocycles. The van der Waals surface area contributed by atoms with Crippen molar-refractivity contribution in [3.05, 3.63) is 59.9 Å². The number of carbonyl (C=O) groups excluding carboxylic acids is 2. The highest BCUT2D eigenvalue weighted by Gasteiger charge is 2.19. The third-order valence-electron chi connectivity index (χ3n) is 6.72. The molecule has 0 saturated carbocycles. The number of benzene rings is 2. The van der Waals surface area contributed by atoms with E-state index in [-0.39, 0.29) is 11.9 Å². The fourth-order valence-electron chi connectivity index (χ4n) is 4.49. The van der Waals surface area contributed by atoms with Crippen molar-refractivity contribution < 1.29 is 19.1 Å². The number of ether oxygens (including phenoxy) is 2. The maximum atomic E-state index is 12.2. The number of amides is 1. The van der Waals surface area contributed by atoms with Gasteiger partial charge in [0.15, 0.2) is 0 Å². The first-order valence-electron chi connectivity index (χ1n) is 13.9. The number of anilines is 3. The quantitative estimate of drug-likeness (QED) is 0.146. The minimum atomic E-state index is -0.334. The van der Waals surface area contributed by atoms with Gasteiger partial charge in [-0.2, -0.15) is 0 Å². The number of piperazine rings is 1. The van der Waals surface area contributed by atoms with Crippen LogP contribution in [0.5, 0.6) is 5.75 Å². The molecule has 0 radical (unpaired) electrons. The Labute approximate surface area is 249 Å². The van der Waals surface area contributed by atoms with Gasteiger partial charge in [0.25, 0.3) is 0 Å². The first-order valence-corrected chi connectivity index (χ1v) is 14.7. The third kappa shape index (κ3) is 9.24. The summed E-state index contributed by atoms with van der Waals surface area (Å²) >= 11 is 3.49. The van der Waals surface area contributed by atoms with E-state index in [0.717, 1.165) is 67.5 Å². The van der Waals surface area contributed by atoms with Gasteiger partial charge < -0.3 is 25.0 Å². The standard InChI is InChI=1S/C30H37BrN6O4/c1-3-5-15-41-29(39)20-37-13-11-36(12-14-37)10-7-16-40-27-19-25-24(18-26(27)35-28(38)4-2)30(33-21-32-25)34-23-9-6-8-22(31)17-23/h4,6,8-9,17-19,21H,2-3,5,7,10-16,20H2,1H3,(H,35,38)(H,32,33,34). The SMILES string of the molecule is C=CC(=O)Nc1cc2c(Nc3cccc(Br)c3)ncnc2cc1OCCCN1CCN(CC(=O)OCCCC)CC1. The Hall–Kier alpha value is -3.54. The molecule has 41 heavy (non-hydrogen) atoms. The van der Waals surface area contributed by atoms with E-state index in [1.165, 1.54) is 12.4 Å². The fourth-order valence-corrected chi connectivity index (χ4v) is 4.89. The van der Waals surface area contributed by atoms with Crippen LogP contribution in [0.4, 0.5) is 17.2 Å². The molecule has 1 fully saturated rings. The first-order chi connectivity index (χ1) is 19.9.